The van der Waals surface area contributed by atoms with E-state index in [9.17, 15) is 13.2 Å². The van der Waals surface area contributed by atoms with Crippen molar-refractivity contribution in [2.45, 2.75) is 51.7 Å². The summed E-state index contributed by atoms with van der Waals surface area (Å²) in [5.74, 6) is 1.02. The van der Waals surface area contributed by atoms with Crippen molar-refractivity contribution in [3.05, 3.63) is 42.0 Å². The molecule has 1 aromatic carbocycles. The molecular formula is C22H29N5O4S. The standard InChI is InChI=1S/C22H29N5O4S/c1-16-6-7-17-18(27(16)22(28)31-2)8-9-19-21(17)24-20(10-14-25-12-4-11-23-25)26(19)13-5-15-32(3,29)30/h4,8-9,11-12,16H,5-7,10,13-15H2,1-3H3/t16-/m0/s1. The van der Waals surface area contributed by atoms with Gasteiger partial charge >= 0.3 is 6.09 Å². The number of amides is 1. The van der Waals surface area contributed by atoms with E-state index in [1.807, 2.05) is 36.0 Å². The van der Waals surface area contributed by atoms with Crippen LogP contribution in [-0.2, 0) is 40.5 Å². The number of methoxy groups -OCH3 is 1. The number of aromatic nitrogens is 4. The van der Waals surface area contributed by atoms with Gasteiger partial charge in [-0.15, -0.1) is 0 Å². The second-order valence-corrected chi connectivity index (χ2v) is 10.6. The number of hydrogen-bond donors (Lipinski definition) is 0. The summed E-state index contributed by atoms with van der Waals surface area (Å²) in [6.45, 7) is 3.26. The average Bonchev–Trinajstić information content (AvgIpc) is 3.38. The zero-order valence-corrected chi connectivity index (χ0v) is 19.5. The number of aryl methyl sites for hydroxylation is 4. The lowest BCUT2D eigenvalue weighted by molar-refractivity contribution is 0.175. The van der Waals surface area contributed by atoms with E-state index >= 15 is 0 Å². The van der Waals surface area contributed by atoms with Crippen LogP contribution in [0.5, 0.6) is 0 Å². The highest BCUT2D eigenvalue weighted by Crippen LogP contribution is 2.36. The van der Waals surface area contributed by atoms with Crippen molar-refractivity contribution in [1.82, 2.24) is 19.3 Å². The molecule has 0 saturated carbocycles. The van der Waals surface area contributed by atoms with Crippen molar-refractivity contribution in [1.29, 1.82) is 0 Å². The van der Waals surface area contributed by atoms with Crippen LogP contribution < -0.4 is 4.90 Å². The van der Waals surface area contributed by atoms with Gasteiger partial charge in [-0.05, 0) is 44.4 Å². The highest BCUT2D eigenvalue weighted by Gasteiger charge is 2.31. The third kappa shape index (κ3) is 4.50. The van der Waals surface area contributed by atoms with Gasteiger partial charge in [0.15, 0.2) is 0 Å². The Balaban J connectivity index is 1.74. The summed E-state index contributed by atoms with van der Waals surface area (Å²) in [6.07, 6.45) is 7.37. The van der Waals surface area contributed by atoms with Gasteiger partial charge in [-0.25, -0.2) is 18.2 Å². The van der Waals surface area contributed by atoms with Crippen LogP contribution in [0, 0.1) is 0 Å². The molecule has 0 radical (unpaired) electrons. The predicted octanol–water partition coefficient (Wildman–Crippen LogP) is 2.82. The summed E-state index contributed by atoms with van der Waals surface area (Å²) in [5, 5.41) is 4.27. The van der Waals surface area contributed by atoms with Gasteiger partial charge in [0, 0.05) is 49.8 Å². The fraction of sp³-hybridized carbons (Fsp3) is 0.500. The monoisotopic (exact) mass is 459 g/mol. The molecule has 0 unspecified atom stereocenters. The molecule has 0 aliphatic carbocycles. The SMILES string of the molecule is COC(=O)N1c2ccc3c(nc(CCn4cccn4)n3CCCS(C)(=O)=O)c2CC[C@@H]1C. The van der Waals surface area contributed by atoms with Gasteiger partial charge in [-0.3, -0.25) is 9.58 Å². The van der Waals surface area contributed by atoms with Gasteiger partial charge in [-0.2, -0.15) is 5.10 Å². The van der Waals surface area contributed by atoms with Crippen LogP contribution in [0.25, 0.3) is 11.0 Å². The number of anilines is 1. The highest BCUT2D eigenvalue weighted by molar-refractivity contribution is 7.90. The number of hydrogen-bond acceptors (Lipinski definition) is 6. The maximum absolute atomic E-state index is 12.4. The number of sulfone groups is 1. The third-order valence-electron chi connectivity index (χ3n) is 5.98. The van der Waals surface area contributed by atoms with Gasteiger partial charge in [0.05, 0.1) is 29.6 Å². The number of carbonyl (C=O) groups excluding carboxylic acids is 1. The van der Waals surface area contributed by atoms with Crippen LogP contribution in [0.15, 0.2) is 30.6 Å². The highest BCUT2D eigenvalue weighted by atomic mass is 32.2. The number of fused-ring (bicyclic) bond motifs is 3. The summed E-state index contributed by atoms with van der Waals surface area (Å²) in [6, 6.07) is 5.86. The first-order chi connectivity index (χ1) is 15.3. The second-order valence-electron chi connectivity index (χ2n) is 8.34. The molecule has 0 spiro atoms. The number of benzene rings is 1. The molecule has 1 atom stereocenters. The number of rotatable bonds is 7. The van der Waals surface area contributed by atoms with E-state index in [-0.39, 0.29) is 17.9 Å². The van der Waals surface area contributed by atoms with E-state index in [1.54, 1.807) is 11.1 Å². The molecule has 1 amide bonds. The molecule has 0 fully saturated rings. The molecule has 0 saturated heterocycles. The number of imidazole rings is 1. The summed E-state index contributed by atoms with van der Waals surface area (Å²) < 4.78 is 32.3. The molecule has 0 bridgehead atoms. The maximum atomic E-state index is 12.4. The van der Waals surface area contributed by atoms with Crippen molar-refractivity contribution in [2.24, 2.45) is 0 Å². The first-order valence-corrected chi connectivity index (χ1v) is 12.9. The predicted molar refractivity (Wildman–Crippen MR) is 123 cm³/mol. The Kier molecular flexibility index (Phi) is 6.23. The van der Waals surface area contributed by atoms with Crippen LogP contribution in [0.2, 0.25) is 0 Å². The fourth-order valence-electron chi connectivity index (χ4n) is 4.43. The smallest absolute Gasteiger partial charge is 0.414 e. The minimum Gasteiger partial charge on any atom is -0.452 e. The molecule has 9 nitrogen and oxygen atoms in total. The third-order valence-corrected chi connectivity index (χ3v) is 7.01. The molecule has 2 aromatic heterocycles. The van der Waals surface area contributed by atoms with Crippen LogP contribution in [0.1, 0.15) is 31.2 Å². The van der Waals surface area contributed by atoms with Gasteiger partial charge in [0.25, 0.3) is 0 Å². The fourth-order valence-corrected chi connectivity index (χ4v) is 5.08. The van der Waals surface area contributed by atoms with Crippen LogP contribution in [0.3, 0.4) is 0 Å². The van der Waals surface area contributed by atoms with Gasteiger partial charge in [-0.1, -0.05) is 0 Å². The van der Waals surface area contributed by atoms with Gasteiger partial charge in [0.2, 0.25) is 0 Å². The number of carbonyl (C=O) groups is 1. The summed E-state index contributed by atoms with van der Waals surface area (Å²) in [4.78, 5) is 19.1. The Morgan fingerprint density at radius 1 is 1.28 bits per heavy atom. The van der Waals surface area contributed by atoms with Crippen molar-refractivity contribution in [3.8, 4) is 0 Å². The number of nitrogens with zero attached hydrogens (tertiary/aromatic N) is 5. The quantitative estimate of drug-likeness (QED) is 0.539. The normalized spacial score (nSPS) is 16.3. The Morgan fingerprint density at radius 2 is 2.09 bits per heavy atom. The minimum atomic E-state index is -3.04. The number of ether oxygens (including phenoxy) is 1. The molecule has 3 heterocycles. The first kappa shape index (κ1) is 22.3. The molecule has 1 aliphatic heterocycles. The molecule has 10 heteroatoms. The average molecular weight is 460 g/mol. The van der Waals surface area contributed by atoms with E-state index < -0.39 is 9.84 Å². The Labute approximate surface area is 187 Å². The molecule has 32 heavy (non-hydrogen) atoms. The zero-order valence-electron chi connectivity index (χ0n) is 18.7. The van der Waals surface area contributed by atoms with Crippen molar-refractivity contribution in [3.63, 3.8) is 0 Å². The largest absolute Gasteiger partial charge is 0.452 e. The molecule has 4 rings (SSSR count). The summed E-state index contributed by atoms with van der Waals surface area (Å²) in [7, 11) is -1.64. The molecule has 0 N–H and O–H groups in total. The van der Waals surface area contributed by atoms with E-state index in [2.05, 4.69) is 9.67 Å². The first-order valence-electron chi connectivity index (χ1n) is 10.8. The molecular weight excluding hydrogens is 430 g/mol. The topological polar surface area (TPSA) is 99.3 Å². The zero-order chi connectivity index (χ0) is 22.9. The van der Waals surface area contributed by atoms with Crippen molar-refractivity contribution in [2.75, 3.05) is 24.0 Å². The second kappa shape index (κ2) is 8.93. The maximum Gasteiger partial charge on any atom is 0.414 e. The Bertz CT molecular complexity index is 1220. The van der Waals surface area contributed by atoms with Gasteiger partial charge in [0.1, 0.15) is 15.7 Å². The minimum absolute atomic E-state index is 0.0449. The van der Waals surface area contributed by atoms with Crippen LogP contribution in [-0.4, -0.2) is 59.0 Å². The summed E-state index contributed by atoms with van der Waals surface area (Å²) in [5.41, 5.74) is 3.71. The summed E-state index contributed by atoms with van der Waals surface area (Å²) >= 11 is 0. The lowest BCUT2D eigenvalue weighted by atomic mass is 9.96. The van der Waals surface area contributed by atoms with Gasteiger partial charge < -0.3 is 9.30 Å². The molecule has 172 valence electrons. The molecule has 3 aromatic rings. The van der Waals surface area contributed by atoms with E-state index in [1.165, 1.54) is 13.4 Å². The Hall–Kier alpha value is -2.88. The van der Waals surface area contributed by atoms with E-state index in [0.29, 0.717) is 25.9 Å². The lowest BCUT2D eigenvalue weighted by Gasteiger charge is -2.34. The van der Waals surface area contributed by atoms with Crippen molar-refractivity contribution < 1.29 is 17.9 Å². The lowest BCUT2D eigenvalue weighted by Crippen LogP contribution is -2.42. The van der Waals surface area contributed by atoms with E-state index in [0.717, 1.165) is 41.0 Å². The van der Waals surface area contributed by atoms with Crippen molar-refractivity contribution >= 4 is 32.7 Å². The molecule has 1 aliphatic rings. The Morgan fingerprint density at radius 3 is 2.78 bits per heavy atom. The van der Waals surface area contributed by atoms with Crippen LogP contribution in [0.4, 0.5) is 10.5 Å². The van der Waals surface area contributed by atoms with Crippen LogP contribution >= 0.6 is 0 Å². The van der Waals surface area contributed by atoms with E-state index in [4.69, 9.17) is 9.72 Å².